The Kier molecular flexibility index (Phi) is 8.25. The molecule has 5 N–H and O–H groups in total. The molecule has 3 heterocycles. The molecule has 0 spiro atoms. The van der Waals surface area contributed by atoms with Crippen LogP contribution < -0.4 is 16.8 Å². The summed E-state index contributed by atoms with van der Waals surface area (Å²) in [4.78, 5) is 13.6. The first kappa shape index (κ1) is 27.9. The Morgan fingerprint density at radius 2 is 1.94 bits per heavy atom. The van der Waals surface area contributed by atoms with Gasteiger partial charge in [0.15, 0.2) is 24.3 Å². The summed E-state index contributed by atoms with van der Waals surface area (Å²) in [5.74, 6) is 0.970. The largest absolute Gasteiger partial charge is 0.416 e. The van der Waals surface area contributed by atoms with E-state index in [-0.39, 0.29) is 22.0 Å². The van der Waals surface area contributed by atoms with Crippen LogP contribution in [0.1, 0.15) is 63.8 Å². The quantitative estimate of drug-likeness (QED) is 0.325. The second-order valence-corrected chi connectivity index (χ2v) is 18.5. The molecule has 0 amide bonds. The number of fused-ring (bicyclic) bond motifs is 1. The fourth-order valence-corrected chi connectivity index (χ4v) is 7.05. The second-order valence-electron chi connectivity index (χ2n) is 11.1. The van der Waals surface area contributed by atoms with Crippen LogP contribution in [0.2, 0.25) is 18.1 Å². The first-order valence-corrected chi connectivity index (χ1v) is 16.6. The predicted octanol–water partition coefficient (Wildman–Crippen LogP) is 6.22. The molecule has 0 bridgehead atoms. The molecule has 2 unspecified atom stereocenters. The Morgan fingerprint density at radius 3 is 2.54 bits per heavy atom. The molecule has 2 aromatic rings. The SMILES string of the molecule is CC(C)C[C@H](CO[Si](C)(C)C(C)(C)C)C1(SC(C)c2ncccc2F)N=C(N)c2sc(N)nc2N1. The molecule has 0 aliphatic carbocycles. The average molecular weight is 539 g/mol. The number of nitrogens with one attached hydrogen (secondary N) is 1. The standard InChI is InChI=1S/C24H39FN6OS2Si/c1-14(2)12-16(13-32-35(7,8)23(4,5)6)24(34-15(3)18-17(25)10-9-11-28-18)30-20(26)19-21(31-24)29-22(27)33-19/h9-11,14-16,31H,12-13H2,1-8H3,(H2,26,30)(H2,27,29)/t15?,16-,24?/m1/s1. The third kappa shape index (κ3) is 6.18. The molecular formula is C24H39FN6OS2Si. The lowest BCUT2D eigenvalue weighted by Gasteiger charge is -2.44. The molecule has 0 radical (unpaired) electrons. The smallest absolute Gasteiger partial charge is 0.191 e. The molecule has 0 saturated carbocycles. The van der Waals surface area contributed by atoms with Gasteiger partial charge >= 0.3 is 0 Å². The van der Waals surface area contributed by atoms with E-state index in [9.17, 15) is 4.39 Å². The highest BCUT2D eigenvalue weighted by Crippen LogP contribution is 2.50. The number of pyridine rings is 1. The van der Waals surface area contributed by atoms with E-state index in [1.54, 1.807) is 12.3 Å². The van der Waals surface area contributed by atoms with Gasteiger partial charge in [0.25, 0.3) is 0 Å². The Hall–Kier alpha value is -1.69. The van der Waals surface area contributed by atoms with E-state index in [0.717, 1.165) is 11.3 Å². The maximum atomic E-state index is 14.7. The maximum absolute atomic E-state index is 14.7. The first-order chi connectivity index (χ1) is 16.1. The van der Waals surface area contributed by atoms with E-state index in [1.807, 2.05) is 6.92 Å². The predicted molar refractivity (Wildman–Crippen MR) is 150 cm³/mol. The zero-order valence-electron chi connectivity index (χ0n) is 22.0. The first-order valence-electron chi connectivity index (χ1n) is 12.0. The number of thiazole rings is 1. The fraction of sp³-hybridized carbons (Fsp3) is 0.625. The number of amidine groups is 1. The van der Waals surface area contributed by atoms with Gasteiger partial charge in [-0.2, -0.15) is 0 Å². The van der Waals surface area contributed by atoms with Crippen LogP contribution in [0, 0.1) is 17.7 Å². The third-order valence-corrected chi connectivity index (χ3v) is 13.6. The summed E-state index contributed by atoms with van der Waals surface area (Å²) in [6.45, 7) is 18.0. The lowest BCUT2D eigenvalue weighted by molar-refractivity contribution is 0.184. The molecule has 1 aliphatic heterocycles. The van der Waals surface area contributed by atoms with Crippen molar-refractivity contribution >= 4 is 48.2 Å². The Bertz CT molecular complexity index is 1070. The molecule has 3 atom stereocenters. The number of anilines is 2. The van der Waals surface area contributed by atoms with Gasteiger partial charge in [0, 0.05) is 18.7 Å². The molecule has 1 aliphatic rings. The highest BCUT2D eigenvalue weighted by atomic mass is 32.2. The highest BCUT2D eigenvalue weighted by molar-refractivity contribution is 8.01. The number of hydrogen-bond acceptors (Lipinski definition) is 9. The van der Waals surface area contributed by atoms with Gasteiger partial charge in [0.2, 0.25) is 0 Å². The van der Waals surface area contributed by atoms with E-state index < -0.39 is 13.3 Å². The van der Waals surface area contributed by atoms with Gasteiger partial charge in [-0.3, -0.25) is 4.98 Å². The summed E-state index contributed by atoms with van der Waals surface area (Å²) in [6, 6.07) is 3.03. The minimum Gasteiger partial charge on any atom is -0.416 e. The fourth-order valence-electron chi connectivity index (χ4n) is 3.83. The number of aliphatic imine (C=N–C) groups is 1. The molecule has 11 heteroatoms. The van der Waals surface area contributed by atoms with Crippen LogP contribution in [-0.2, 0) is 4.43 Å². The Balaban J connectivity index is 2.06. The summed E-state index contributed by atoms with van der Waals surface area (Å²) in [5, 5.41) is 3.75. The molecule has 0 fully saturated rings. The summed E-state index contributed by atoms with van der Waals surface area (Å²) in [5.41, 5.74) is 12.9. The van der Waals surface area contributed by atoms with Gasteiger partial charge in [0.05, 0.1) is 10.9 Å². The summed E-state index contributed by atoms with van der Waals surface area (Å²) in [7, 11) is -2.04. The van der Waals surface area contributed by atoms with Crippen molar-refractivity contribution in [3.63, 3.8) is 0 Å². The van der Waals surface area contributed by atoms with Crippen molar-refractivity contribution < 1.29 is 8.82 Å². The lowest BCUT2D eigenvalue weighted by Crippen LogP contribution is -2.50. The van der Waals surface area contributed by atoms with Crippen LogP contribution in [0.25, 0.3) is 0 Å². The zero-order chi connectivity index (χ0) is 26.2. The van der Waals surface area contributed by atoms with Crippen molar-refractivity contribution in [1.82, 2.24) is 9.97 Å². The third-order valence-electron chi connectivity index (χ3n) is 6.75. The maximum Gasteiger partial charge on any atom is 0.191 e. The van der Waals surface area contributed by atoms with Gasteiger partial charge in [-0.05, 0) is 49.5 Å². The molecule has 35 heavy (non-hydrogen) atoms. The average Bonchev–Trinajstić information content (AvgIpc) is 3.10. The van der Waals surface area contributed by atoms with Crippen LogP contribution in [0.3, 0.4) is 0 Å². The molecule has 0 aromatic carbocycles. The number of thioether (sulfide) groups is 1. The number of halogens is 1. The van der Waals surface area contributed by atoms with Crippen LogP contribution >= 0.6 is 23.1 Å². The van der Waals surface area contributed by atoms with Gasteiger partial charge in [0.1, 0.15) is 16.5 Å². The van der Waals surface area contributed by atoms with E-state index >= 15 is 0 Å². The number of aromatic nitrogens is 2. The molecule has 2 aromatic heterocycles. The van der Waals surface area contributed by atoms with E-state index in [4.69, 9.17) is 20.9 Å². The van der Waals surface area contributed by atoms with Crippen molar-refractivity contribution in [2.75, 3.05) is 17.7 Å². The van der Waals surface area contributed by atoms with Crippen molar-refractivity contribution in [3.05, 3.63) is 34.7 Å². The minimum absolute atomic E-state index is 0.0644. The van der Waals surface area contributed by atoms with Crippen LogP contribution in [-0.4, -0.2) is 35.7 Å². The number of nitrogen functional groups attached to an aromatic ring is 1. The van der Waals surface area contributed by atoms with E-state index in [2.05, 4.69) is 63.0 Å². The normalized spacial score (nSPS) is 20.2. The summed E-state index contributed by atoms with van der Waals surface area (Å²) in [6.07, 6.45) is 2.44. The van der Waals surface area contributed by atoms with Gasteiger partial charge in [-0.25, -0.2) is 14.4 Å². The van der Waals surface area contributed by atoms with Crippen LogP contribution in [0.5, 0.6) is 0 Å². The number of rotatable bonds is 9. The Labute approximate surface area is 217 Å². The van der Waals surface area contributed by atoms with Crippen LogP contribution in [0.4, 0.5) is 15.3 Å². The van der Waals surface area contributed by atoms with E-state index in [0.29, 0.717) is 35.0 Å². The van der Waals surface area contributed by atoms with Gasteiger partial charge in [-0.15, -0.1) is 11.8 Å². The van der Waals surface area contributed by atoms with Crippen molar-refractivity contribution in [3.8, 4) is 0 Å². The van der Waals surface area contributed by atoms with Gasteiger partial charge < -0.3 is 21.2 Å². The molecule has 3 rings (SSSR count). The van der Waals surface area contributed by atoms with Crippen molar-refractivity contribution in [2.45, 2.75) is 76.3 Å². The number of hydrogen-bond donors (Lipinski definition) is 3. The summed E-state index contributed by atoms with van der Waals surface area (Å²) < 4.78 is 21.4. The zero-order valence-corrected chi connectivity index (χ0v) is 24.6. The van der Waals surface area contributed by atoms with Crippen LogP contribution in [0.15, 0.2) is 23.3 Å². The topological polar surface area (TPSA) is 111 Å². The monoisotopic (exact) mass is 538 g/mol. The van der Waals surface area contributed by atoms with Gasteiger partial charge in [-0.1, -0.05) is 46.0 Å². The molecular weight excluding hydrogens is 500 g/mol. The second kappa shape index (κ2) is 10.4. The number of nitrogens with two attached hydrogens (primary N) is 2. The minimum atomic E-state index is -2.04. The molecule has 194 valence electrons. The molecule has 7 nitrogen and oxygen atoms in total. The van der Waals surface area contributed by atoms with E-state index in [1.165, 1.54) is 29.2 Å². The number of nitrogens with zero attached hydrogens (tertiary/aromatic N) is 3. The van der Waals surface area contributed by atoms with Crippen molar-refractivity contribution in [1.29, 1.82) is 0 Å². The Morgan fingerprint density at radius 1 is 1.26 bits per heavy atom. The summed E-state index contributed by atoms with van der Waals surface area (Å²) >= 11 is 2.80. The van der Waals surface area contributed by atoms with Crippen molar-refractivity contribution in [2.24, 2.45) is 22.6 Å². The lowest BCUT2D eigenvalue weighted by atomic mass is 9.94. The highest BCUT2D eigenvalue weighted by Gasteiger charge is 2.47. The molecule has 0 saturated heterocycles.